The van der Waals surface area contributed by atoms with Gasteiger partial charge in [-0.1, -0.05) is 38.0 Å². The van der Waals surface area contributed by atoms with Crippen LogP contribution < -0.4 is 21.6 Å². The molecule has 200 valence electrons. The maximum Gasteiger partial charge on any atom is 0.423 e. The van der Waals surface area contributed by atoms with Crippen LogP contribution in [0.15, 0.2) is 58.4 Å². The molecule has 2 aromatic heterocycles. The Labute approximate surface area is 214 Å². The Morgan fingerprint density at radius 1 is 1.13 bits per heavy atom. The highest BCUT2D eigenvalue weighted by Crippen LogP contribution is 2.38. The number of anilines is 1. The van der Waals surface area contributed by atoms with Crippen LogP contribution in [0.25, 0.3) is 21.9 Å². The molecule has 0 fully saturated rings. The summed E-state index contributed by atoms with van der Waals surface area (Å²) < 4.78 is 58.2. The highest BCUT2D eigenvalue weighted by Gasteiger charge is 2.36. The molecule has 7 nitrogen and oxygen atoms in total. The molecule has 5 rings (SSSR count). The van der Waals surface area contributed by atoms with Crippen molar-refractivity contribution in [3.05, 3.63) is 86.4 Å². The van der Waals surface area contributed by atoms with E-state index in [0.717, 1.165) is 54.1 Å². The minimum atomic E-state index is -4.74. The number of rotatable bonds is 5. The van der Waals surface area contributed by atoms with Gasteiger partial charge in [0.1, 0.15) is 17.1 Å². The number of para-hydroxylation sites is 1. The van der Waals surface area contributed by atoms with Crippen LogP contribution in [0.4, 0.5) is 23.2 Å². The summed E-state index contributed by atoms with van der Waals surface area (Å²) in [4.78, 5) is 23.3. The van der Waals surface area contributed by atoms with E-state index < -0.39 is 23.0 Å². The molecular weight excluding hydrogens is 504 g/mol. The molecule has 1 aliphatic rings. The van der Waals surface area contributed by atoms with Crippen molar-refractivity contribution in [2.75, 3.05) is 12.3 Å². The number of aryl methyl sites for hydroxylation is 1. The predicted molar refractivity (Wildman–Crippen MR) is 137 cm³/mol. The van der Waals surface area contributed by atoms with E-state index in [1.807, 2.05) is 30.5 Å². The van der Waals surface area contributed by atoms with E-state index in [2.05, 4.69) is 12.0 Å². The van der Waals surface area contributed by atoms with E-state index in [4.69, 9.17) is 10.5 Å². The first-order chi connectivity index (χ1) is 18.1. The Morgan fingerprint density at radius 3 is 2.61 bits per heavy atom. The van der Waals surface area contributed by atoms with E-state index >= 15 is 0 Å². The van der Waals surface area contributed by atoms with Gasteiger partial charge in [-0.15, -0.1) is 0 Å². The third-order valence-corrected chi connectivity index (χ3v) is 6.24. The molecule has 0 spiro atoms. The molecule has 0 bridgehead atoms. The number of nitrogen functional groups attached to an aromatic ring is 1. The number of unbranched alkanes of at least 4 members (excludes halogenated alkanes) is 2. The van der Waals surface area contributed by atoms with E-state index in [-0.39, 0.29) is 11.4 Å². The molecule has 3 heterocycles. The number of hydrogen-bond donors (Lipinski definition) is 2. The van der Waals surface area contributed by atoms with Crippen LogP contribution in [-0.4, -0.2) is 21.4 Å². The van der Waals surface area contributed by atoms with Crippen molar-refractivity contribution < 1.29 is 22.3 Å². The molecule has 11 heteroatoms. The number of fused-ring (bicyclic) bond motifs is 2. The highest BCUT2D eigenvalue weighted by atomic mass is 19.4. The summed E-state index contributed by atoms with van der Waals surface area (Å²) in [5.74, 6) is 0.378. The average molecular weight is 531 g/mol. The first kappa shape index (κ1) is 26.9. The van der Waals surface area contributed by atoms with Gasteiger partial charge in [-0.2, -0.15) is 18.3 Å². The van der Waals surface area contributed by atoms with Crippen molar-refractivity contribution in [1.29, 1.82) is 0 Å². The summed E-state index contributed by atoms with van der Waals surface area (Å²) in [5.41, 5.74) is 3.71. The lowest BCUT2D eigenvalue weighted by atomic mass is 9.98. The summed E-state index contributed by atoms with van der Waals surface area (Å²) in [6, 6.07) is 10.9. The van der Waals surface area contributed by atoms with E-state index in [9.17, 15) is 27.2 Å². The van der Waals surface area contributed by atoms with Crippen LogP contribution in [0.3, 0.4) is 0 Å². The zero-order valence-corrected chi connectivity index (χ0v) is 20.6. The fourth-order valence-electron chi connectivity index (χ4n) is 4.35. The number of nitrogens with zero attached hydrogens (tertiary/aromatic N) is 2. The Balaban J connectivity index is 0.000000236. The number of alkyl halides is 3. The third kappa shape index (κ3) is 5.56. The number of nitrogens with one attached hydrogen (secondary N) is 1. The normalized spacial score (nSPS) is 12.6. The number of pyridine rings is 1. The van der Waals surface area contributed by atoms with Gasteiger partial charge in [-0.05, 0) is 35.6 Å². The number of benzene rings is 2. The molecule has 0 saturated carbocycles. The zero-order valence-electron chi connectivity index (χ0n) is 20.6. The van der Waals surface area contributed by atoms with Crippen molar-refractivity contribution in [3.8, 4) is 16.9 Å². The summed E-state index contributed by atoms with van der Waals surface area (Å²) in [5, 5.41) is 5.92. The van der Waals surface area contributed by atoms with Gasteiger partial charge in [0.05, 0.1) is 23.9 Å². The van der Waals surface area contributed by atoms with Crippen molar-refractivity contribution in [2.24, 2.45) is 0 Å². The lowest BCUT2D eigenvalue weighted by Gasteiger charge is -2.12. The maximum atomic E-state index is 14.9. The first-order valence-electron chi connectivity index (χ1n) is 12.1. The average Bonchev–Trinajstić information content (AvgIpc) is 3.34. The van der Waals surface area contributed by atoms with Crippen molar-refractivity contribution >= 4 is 16.5 Å². The number of hydrogen-bond acceptors (Lipinski definition) is 5. The Bertz CT molecular complexity index is 1580. The monoisotopic (exact) mass is 530 g/mol. The molecule has 0 atom stereocenters. The number of ether oxygens (including phenoxy) is 1. The standard InChI is InChI=1S/C22H22FNO2.C5H4F3N3O/c1-2-3-4-10-24-11-8-16-13-19(20(23)14-18(16)22(24)25)17-7-5-6-15-9-12-26-21(15)17;6-5(7,8)3-2(9)1-10-11-4(3)12/h5-8,11,13-14H,2-4,9-10,12H2,1H3;1H,(H3,9,11,12). The summed E-state index contributed by atoms with van der Waals surface area (Å²) in [6.07, 6.45) is 1.80. The van der Waals surface area contributed by atoms with Gasteiger partial charge in [0.2, 0.25) is 0 Å². The molecule has 0 amide bonds. The maximum absolute atomic E-state index is 14.9. The van der Waals surface area contributed by atoms with Gasteiger partial charge >= 0.3 is 6.18 Å². The molecule has 0 saturated heterocycles. The largest absolute Gasteiger partial charge is 0.492 e. The van der Waals surface area contributed by atoms with Gasteiger partial charge in [0.15, 0.2) is 0 Å². The second kappa shape index (κ2) is 11.1. The molecule has 2 aromatic carbocycles. The van der Waals surface area contributed by atoms with Crippen LogP contribution >= 0.6 is 0 Å². The molecule has 0 unspecified atom stereocenters. The van der Waals surface area contributed by atoms with Crippen LogP contribution in [0.5, 0.6) is 5.75 Å². The highest BCUT2D eigenvalue weighted by molar-refractivity contribution is 5.88. The summed E-state index contributed by atoms with van der Waals surface area (Å²) in [7, 11) is 0. The molecule has 3 N–H and O–H groups in total. The van der Waals surface area contributed by atoms with Crippen molar-refractivity contribution in [2.45, 2.75) is 45.3 Å². The number of aromatic nitrogens is 3. The summed E-state index contributed by atoms with van der Waals surface area (Å²) in [6.45, 7) is 3.43. The fraction of sp³-hybridized carbons (Fsp3) is 0.296. The van der Waals surface area contributed by atoms with E-state index in [1.54, 1.807) is 15.7 Å². The van der Waals surface area contributed by atoms with Gasteiger partial charge in [0.25, 0.3) is 11.1 Å². The van der Waals surface area contributed by atoms with Crippen molar-refractivity contribution in [1.82, 2.24) is 14.8 Å². The van der Waals surface area contributed by atoms with Gasteiger partial charge in [-0.3, -0.25) is 9.59 Å². The molecule has 1 aliphatic heterocycles. The number of halogens is 4. The number of H-pyrrole nitrogens is 1. The van der Waals surface area contributed by atoms with E-state index in [1.165, 1.54) is 6.07 Å². The van der Waals surface area contributed by atoms with Crippen LogP contribution in [0.2, 0.25) is 0 Å². The molecule has 4 aromatic rings. The molecule has 0 radical (unpaired) electrons. The molecular formula is C27H26F4N4O3. The summed E-state index contributed by atoms with van der Waals surface area (Å²) >= 11 is 0. The number of aromatic amines is 1. The molecule has 0 aliphatic carbocycles. The Morgan fingerprint density at radius 2 is 1.92 bits per heavy atom. The van der Waals surface area contributed by atoms with Gasteiger partial charge in [-0.25, -0.2) is 9.49 Å². The first-order valence-corrected chi connectivity index (χ1v) is 12.1. The van der Waals surface area contributed by atoms with E-state index in [0.29, 0.717) is 24.1 Å². The van der Waals surface area contributed by atoms with Gasteiger partial charge in [0, 0.05) is 30.3 Å². The Hall–Kier alpha value is -4.15. The minimum Gasteiger partial charge on any atom is -0.492 e. The second-order valence-electron chi connectivity index (χ2n) is 8.86. The third-order valence-electron chi connectivity index (χ3n) is 6.24. The fourth-order valence-corrected chi connectivity index (χ4v) is 4.35. The molecule has 38 heavy (non-hydrogen) atoms. The SMILES string of the molecule is CCCCCn1ccc2cc(-c3cccc4c3OCC4)c(F)cc2c1=O.Nc1cn[nH]c(=O)c1C(F)(F)F. The van der Waals surface area contributed by atoms with Crippen molar-refractivity contribution in [3.63, 3.8) is 0 Å². The quantitative estimate of drug-likeness (QED) is 0.269. The van der Waals surface area contributed by atoms with Crippen LogP contribution in [-0.2, 0) is 19.1 Å². The lowest BCUT2D eigenvalue weighted by Crippen LogP contribution is -2.24. The number of nitrogens with two attached hydrogens (primary N) is 1. The minimum absolute atomic E-state index is 0.126. The topological polar surface area (TPSA) is 103 Å². The predicted octanol–water partition coefficient (Wildman–Crippen LogP) is 5.30. The van der Waals surface area contributed by atoms with Gasteiger partial charge < -0.3 is 15.0 Å². The lowest BCUT2D eigenvalue weighted by molar-refractivity contribution is -0.138. The van der Waals surface area contributed by atoms with Crippen LogP contribution in [0, 0.1) is 5.82 Å². The smallest absolute Gasteiger partial charge is 0.423 e. The Kier molecular flexibility index (Phi) is 7.84. The van der Waals surface area contributed by atoms with Crippen LogP contribution in [0.1, 0.15) is 37.3 Å². The zero-order chi connectivity index (χ0) is 27.4. The second-order valence-corrected chi connectivity index (χ2v) is 8.86.